The van der Waals surface area contributed by atoms with Crippen LogP contribution in [0.3, 0.4) is 0 Å². The van der Waals surface area contributed by atoms with Crippen LogP contribution >= 0.6 is 0 Å². The lowest BCUT2D eigenvalue weighted by Gasteiger charge is -2.34. The van der Waals surface area contributed by atoms with Gasteiger partial charge in [0.2, 0.25) is 0 Å². The first-order valence-electron chi connectivity index (χ1n) is 11.3. The van der Waals surface area contributed by atoms with E-state index >= 15 is 0 Å². The molecule has 1 aliphatic rings. The Morgan fingerprint density at radius 3 is 2.20 bits per heavy atom. The van der Waals surface area contributed by atoms with Gasteiger partial charge in [-0.05, 0) is 76.2 Å². The van der Waals surface area contributed by atoms with Gasteiger partial charge in [-0.25, -0.2) is 4.79 Å². The van der Waals surface area contributed by atoms with Crippen molar-refractivity contribution >= 4 is 29.2 Å². The van der Waals surface area contributed by atoms with E-state index < -0.39 is 11.7 Å². The normalized spacial score (nSPS) is 15.4. The number of rotatable bonds is 5. The maximum Gasteiger partial charge on any atom is 0.412 e. The first-order valence-corrected chi connectivity index (χ1v) is 11.3. The third-order valence-electron chi connectivity index (χ3n) is 5.53. The minimum Gasteiger partial charge on any atom is -0.497 e. The molecular weight excluding hydrogens is 448 g/mol. The smallest absolute Gasteiger partial charge is 0.412 e. The molecule has 0 aliphatic carbocycles. The second kappa shape index (κ2) is 9.25. The van der Waals surface area contributed by atoms with Crippen LogP contribution in [-0.2, 0) is 11.3 Å². The van der Waals surface area contributed by atoms with Crippen LogP contribution in [0.2, 0.25) is 0 Å². The van der Waals surface area contributed by atoms with E-state index in [0.717, 1.165) is 0 Å². The molecule has 0 fully saturated rings. The van der Waals surface area contributed by atoms with Gasteiger partial charge in [-0.2, -0.15) is 5.10 Å². The van der Waals surface area contributed by atoms with E-state index in [9.17, 15) is 14.4 Å². The Morgan fingerprint density at radius 1 is 1.03 bits per heavy atom. The fraction of sp³-hybridized carbons (Fsp3) is 0.308. The molecule has 0 spiro atoms. The van der Waals surface area contributed by atoms with Crippen molar-refractivity contribution in [1.82, 2.24) is 9.78 Å². The van der Waals surface area contributed by atoms with Crippen molar-refractivity contribution in [2.75, 3.05) is 17.3 Å². The van der Waals surface area contributed by atoms with Gasteiger partial charge >= 0.3 is 6.09 Å². The average Bonchev–Trinajstić information content (AvgIpc) is 3.20. The summed E-state index contributed by atoms with van der Waals surface area (Å²) in [6.07, 6.45) is 0.789. The van der Waals surface area contributed by atoms with E-state index in [1.54, 1.807) is 86.0 Å². The lowest BCUT2D eigenvalue weighted by molar-refractivity contribution is 0.0635. The van der Waals surface area contributed by atoms with Gasteiger partial charge in [-0.15, -0.1) is 0 Å². The van der Waals surface area contributed by atoms with Crippen LogP contribution in [0, 0.1) is 0 Å². The van der Waals surface area contributed by atoms with Crippen LogP contribution in [0.5, 0.6) is 5.75 Å². The third kappa shape index (κ3) is 5.03. The Balaban J connectivity index is 1.55. The summed E-state index contributed by atoms with van der Waals surface area (Å²) >= 11 is 0. The predicted molar refractivity (Wildman–Crippen MR) is 131 cm³/mol. The van der Waals surface area contributed by atoms with Crippen LogP contribution < -0.4 is 15.0 Å². The Labute approximate surface area is 203 Å². The molecule has 0 saturated carbocycles. The lowest BCUT2D eigenvalue weighted by Crippen LogP contribution is -2.47. The topological polar surface area (TPSA) is 103 Å². The summed E-state index contributed by atoms with van der Waals surface area (Å²) in [7, 11) is 1.57. The summed E-state index contributed by atoms with van der Waals surface area (Å²) in [5.41, 5.74) is 1.58. The molecule has 9 heteroatoms. The van der Waals surface area contributed by atoms with E-state index in [-0.39, 0.29) is 29.1 Å². The van der Waals surface area contributed by atoms with E-state index in [1.165, 1.54) is 6.20 Å². The van der Waals surface area contributed by atoms with Gasteiger partial charge < -0.3 is 14.4 Å². The largest absolute Gasteiger partial charge is 0.497 e. The standard InChI is InChI=1S/C26H28N4O5/c1-16-15-29-22(21(14-27-29)28-25(33)35-26(2,3)4)24(32)30(16)19-10-6-17(7-11-19)23(31)18-8-12-20(34-5)13-9-18/h6-14,16H,15H2,1-5H3,(H,28,33)/t16-/m0/s1. The molecule has 0 saturated heterocycles. The Morgan fingerprint density at radius 2 is 1.63 bits per heavy atom. The molecule has 1 N–H and O–H groups in total. The number of carbonyl (C=O) groups excluding carboxylic acids is 3. The van der Waals surface area contributed by atoms with Crippen LogP contribution in [-0.4, -0.2) is 46.3 Å². The summed E-state index contributed by atoms with van der Waals surface area (Å²) in [5.74, 6) is 0.245. The lowest BCUT2D eigenvalue weighted by atomic mass is 10.0. The third-order valence-corrected chi connectivity index (χ3v) is 5.53. The SMILES string of the molecule is COc1ccc(C(=O)c2ccc(N3C(=O)c4c(NC(=O)OC(C)(C)C)cnn4C[C@@H]3C)cc2)cc1. The highest BCUT2D eigenvalue weighted by molar-refractivity contribution is 6.12. The number of aromatic nitrogens is 2. The van der Waals surface area contributed by atoms with Crippen molar-refractivity contribution in [1.29, 1.82) is 0 Å². The molecule has 35 heavy (non-hydrogen) atoms. The number of amides is 2. The van der Waals surface area contributed by atoms with Gasteiger partial charge in [0.25, 0.3) is 5.91 Å². The highest BCUT2D eigenvalue weighted by Crippen LogP contribution is 2.29. The minimum atomic E-state index is -0.674. The molecule has 1 aromatic heterocycles. The van der Waals surface area contributed by atoms with Crippen LogP contribution in [0.1, 0.15) is 54.1 Å². The molecule has 1 aliphatic heterocycles. The molecule has 0 bridgehead atoms. The van der Waals surface area contributed by atoms with Gasteiger partial charge in [0.15, 0.2) is 11.5 Å². The Hall–Kier alpha value is -4.14. The number of carbonyl (C=O) groups is 3. The number of hydrogen-bond donors (Lipinski definition) is 1. The van der Waals surface area contributed by atoms with Gasteiger partial charge in [-0.3, -0.25) is 19.6 Å². The summed E-state index contributed by atoms with van der Waals surface area (Å²) < 4.78 is 12.0. The zero-order valence-corrected chi connectivity index (χ0v) is 20.4. The fourth-order valence-electron chi connectivity index (χ4n) is 3.95. The van der Waals surface area contributed by atoms with E-state index in [1.807, 2.05) is 6.92 Å². The molecule has 2 amide bonds. The van der Waals surface area contributed by atoms with Crippen molar-refractivity contribution in [3.8, 4) is 5.75 Å². The number of ether oxygens (including phenoxy) is 2. The van der Waals surface area contributed by atoms with Crippen molar-refractivity contribution in [3.05, 3.63) is 71.5 Å². The molecular formula is C26H28N4O5. The van der Waals surface area contributed by atoms with Crippen LogP contribution in [0.25, 0.3) is 0 Å². The summed E-state index contributed by atoms with van der Waals surface area (Å²) in [5, 5.41) is 6.89. The highest BCUT2D eigenvalue weighted by atomic mass is 16.6. The number of nitrogens with one attached hydrogen (secondary N) is 1. The van der Waals surface area contributed by atoms with Crippen molar-refractivity contribution < 1.29 is 23.9 Å². The van der Waals surface area contributed by atoms with Gasteiger partial charge in [0, 0.05) is 16.8 Å². The molecule has 1 atom stereocenters. The number of methoxy groups -OCH3 is 1. The second-order valence-electron chi connectivity index (χ2n) is 9.34. The number of benzene rings is 2. The fourth-order valence-corrected chi connectivity index (χ4v) is 3.95. The number of fused-ring (bicyclic) bond motifs is 1. The summed E-state index contributed by atoms with van der Waals surface area (Å²) in [4.78, 5) is 40.2. The number of nitrogens with zero attached hydrogens (tertiary/aromatic N) is 3. The molecule has 182 valence electrons. The van der Waals surface area contributed by atoms with Crippen molar-refractivity contribution in [2.45, 2.75) is 45.9 Å². The van der Waals surface area contributed by atoms with Gasteiger partial charge in [0.1, 0.15) is 11.4 Å². The molecule has 9 nitrogen and oxygen atoms in total. The van der Waals surface area contributed by atoms with Crippen LogP contribution in [0.4, 0.5) is 16.2 Å². The zero-order chi connectivity index (χ0) is 25.3. The van der Waals surface area contributed by atoms with Gasteiger partial charge in [-0.1, -0.05) is 0 Å². The number of ketones is 1. The van der Waals surface area contributed by atoms with E-state index in [0.29, 0.717) is 29.1 Å². The second-order valence-corrected chi connectivity index (χ2v) is 9.34. The van der Waals surface area contributed by atoms with Gasteiger partial charge in [0.05, 0.1) is 31.6 Å². The molecule has 0 unspecified atom stereocenters. The Bertz CT molecular complexity index is 1260. The Kier molecular flexibility index (Phi) is 6.34. The summed E-state index contributed by atoms with van der Waals surface area (Å²) in [6.45, 7) is 7.65. The molecule has 4 rings (SSSR count). The minimum absolute atomic E-state index is 0.126. The van der Waals surface area contributed by atoms with Crippen molar-refractivity contribution in [2.24, 2.45) is 0 Å². The first-order chi connectivity index (χ1) is 16.6. The maximum atomic E-state index is 13.5. The molecule has 0 radical (unpaired) electrons. The highest BCUT2D eigenvalue weighted by Gasteiger charge is 2.35. The molecule has 2 heterocycles. The van der Waals surface area contributed by atoms with Crippen molar-refractivity contribution in [3.63, 3.8) is 0 Å². The first kappa shape index (κ1) is 24.0. The molecule has 3 aromatic rings. The van der Waals surface area contributed by atoms with E-state index in [2.05, 4.69) is 10.4 Å². The number of anilines is 2. The average molecular weight is 477 g/mol. The number of hydrogen-bond acceptors (Lipinski definition) is 6. The molecule has 2 aromatic carbocycles. The zero-order valence-electron chi connectivity index (χ0n) is 20.4. The maximum absolute atomic E-state index is 13.5. The monoisotopic (exact) mass is 476 g/mol. The predicted octanol–water partition coefficient (Wildman–Crippen LogP) is 4.52. The summed E-state index contributed by atoms with van der Waals surface area (Å²) in [6, 6.07) is 13.6. The quantitative estimate of drug-likeness (QED) is 0.543. The van der Waals surface area contributed by atoms with Crippen LogP contribution in [0.15, 0.2) is 54.7 Å². The van der Waals surface area contributed by atoms with E-state index in [4.69, 9.17) is 9.47 Å².